The number of halogens is 3. The number of nitrogens with one attached hydrogen (secondary N) is 2. The second-order valence-electron chi connectivity index (χ2n) is 8.55. The smallest absolute Gasteiger partial charge is 0.380 e. The number of anilines is 1. The van der Waals surface area contributed by atoms with Gasteiger partial charge in [0.05, 0.1) is 17.2 Å². The van der Waals surface area contributed by atoms with Gasteiger partial charge in [-0.15, -0.1) is 10.2 Å². The van der Waals surface area contributed by atoms with E-state index in [-0.39, 0.29) is 23.6 Å². The topological polar surface area (TPSA) is 72.0 Å². The van der Waals surface area contributed by atoms with E-state index >= 15 is 0 Å². The summed E-state index contributed by atoms with van der Waals surface area (Å²) in [6.45, 7) is 3.30. The van der Waals surface area contributed by atoms with Crippen molar-refractivity contribution >= 4 is 27.4 Å². The minimum Gasteiger partial charge on any atom is -0.380 e. The molecule has 1 saturated heterocycles. The van der Waals surface area contributed by atoms with E-state index in [1.165, 1.54) is 17.4 Å². The molecule has 2 aliphatic rings. The zero-order valence-corrected chi connectivity index (χ0v) is 18.6. The minimum absolute atomic E-state index is 0.0256. The molecule has 10 heteroatoms. The number of rotatable bonds is 6. The van der Waals surface area contributed by atoms with Gasteiger partial charge in [-0.25, -0.2) is 4.98 Å². The number of hydrogen-bond donors (Lipinski definition) is 2. The molecule has 5 rings (SSSR count). The number of hydrogen-bond acceptors (Lipinski definition) is 7. The molecule has 2 atom stereocenters. The second-order valence-corrected chi connectivity index (χ2v) is 9.53. The Morgan fingerprint density at radius 3 is 2.72 bits per heavy atom. The molecule has 6 nitrogen and oxygen atoms in total. The molecule has 3 aromatic rings. The van der Waals surface area contributed by atoms with Crippen LogP contribution >= 0.6 is 11.3 Å². The Labute approximate surface area is 187 Å². The number of pyridine rings is 1. The summed E-state index contributed by atoms with van der Waals surface area (Å²) in [5.74, 6) is 0.227. The van der Waals surface area contributed by atoms with E-state index in [1.54, 1.807) is 13.2 Å². The van der Waals surface area contributed by atoms with E-state index in [9.17, 15) is 13.2 Å². The van der Waals surface area contributed by atoms with Crippen molar-refractivity contribution in [1.29, 1.82) is 0 Å². The maximum atomic E-state index is 13.9. The summed E-state index contributed by atoms with van der Waals surface area (Å²) >= 11 is 1.29. The van der Waals surface area contributed by atoms with Gasteiger partial charge in [-0.05, 0) is 61.4 Å². The van der Waals surface area contributed by atoms with Gasteiger partial charge in [0, 0.05) is 31.6 Å². The number of nitrogens with zero attached hydrogens (tertiary/aromatic N) is 3. The van der Waals surface area contributed by atoms with Gasteiger partial charge < -0.3 is 15.4 Å². The first kappa shape index (κ1) is 21.5. The Morgan fingerprint density at radius 1 is 1.22 bits per heavy atom. The maximum absolute atomic E-state index is 13.9. The Morgan fingerprint density at radius 2 is 2.03 bits per heavy atom. The lowest BCUT2D eigenvalue weighted by Crippen LogP contribution is -2.29. The Hall–Kier alpha value is -2.30. The molecule has 1 saturated carbocycles. The minimum atomic E-state index is -4.47. The molecule has 2 fully saturated rings. The highest BCUT2D eigenvalue weighted by Gasteiger charge is 2.36. The molecule has 1 aromatic carbocycles. The quantitative estimate of drug-likeness (QED) is 0.550. The molecule has 2 aromatic heterocycles. The molecule has 3 heterocycles. The second kappa shape index (κ2) is 8.24. The molecule has 0 bridgehead atoms. The van der Waals surface area contributed by atoms with E-state index < -0.39 is 11.7 Å². The number of alkyl halides is 3. The van der Waals surface area contributed by atoms with Crippen LogP contribution in [0.3, 0.4) is 0 Å². The Kier molecular flexibility index (Phi) is 5.55. The highest BCUT2D eigenvalue weighted by Crippen LogP contribution is 2.45. The SMILES string of the molecule is COC1CNC(CNc2nnc(-c3cc(C)c4cc(C5CC5)cc(C(F)(F)F)c4n3)s2)C1. The van der Waals surface area contributed by atoms with Gasteiger partial charge in [0.15, 0.2) is 5.01 Å². The van der Waals surface area contributed by atoms with E-state index in [0.717, 1.165) is 36.9 Å². The zero-order chi connectivity index (χ0) is 22.5. The van der Waals surface area contributed by atoms with E-state index in [0.29, 0.717) is 27.8 Å². The van der Waals surface area contributed by atoms with Crippen LogP contribution in [0.15, 0.2) is 18.2 Å². The number of ether oxygens (including phenoxy) is 1. The third-order valence-electron chi connectivity index (χ3n) is 6.16. The summed E-state index contributed by atoms with van der Waals surface area (Å²) in [5, 5.41) is 16.6. The van der Waals surface area contributed by atoms with Crippen molar-refractivity contribution in [3.63, 3.8) is 0 Å². The van der Waals surface area contributed by atoms with Crippen LogP contribution in [0.4, 0.5) is 18.3 Å². The van der Waals surface area contributed by atoms with Crippen LogP contribution in [0.1, 0.15) is 41.9 Å². The van der Waals surface area contributed by atoms with Crippen LogP contribution < -0.4 is 10.6 Å². The normalized spacial score (nSPS) is 21.4. The van der Waals surface area contributed by atoms with Crippen molar-refractivity contribution in [2.45, 2.75) is 50.4 Å². The Bertz CT molecular complexity index is 1140. The van der Waals surface area contributed by atoms with Gasteiger partial charge in [-0.1, -0.05) is 11.3 Å². The summed E-state index contributed by atoms with van der Waals surface area (Å²) in [4.78, 5) is 4.40. The largest absolute Gasteiger partial charge is 0.418 e. The third-order valence-corrected chi connectivity index (χ3v) is 7.06. The fraction of sp³-hybridized carbons (Fsp3) is 0.500. The molecule has 2 N–H and O–H groups in total. The van der Waals surface area contributed by atoms with Crippen LogP contribution in [0, 0.1) is 6.92 Å². The van der Waals surface area contributed by atoms with Crippen LogP contribution in [-0.2, 0) is 10.9 Å². The lowest BCUT2D eigenvalue weighted by Gasteiger charge is -2.14. The molecule has 1 aliphatic heterocycles. The summed E-state index contributed by atoms with van der Waals surface area (Å²) < 4.78 is 46.9. The van der Waals surface area contributed by atoms with Crippen LogP contribution in [0.2, 0.25) is 0 Å². The van der Waals surface area contributed by atoms with E-state index in [1.807, 2.05) is 13.0 Å². The fourth-order valence-corrected chi connectivity index (χ4v) is 4.93. The highest BCUT2D eigenvalue weighted by molar-refractivity contribution is 7.18. The number of benzene rings is 1. The van der Waals surface area contributed by atoms with Gasteiger partial charge >= 0.3 is 6.18 Å². The van der Waals surface area contributed by atoms with Gasteiger partial charge in [-0.2, -0.15) is 13.2 Å². The highest BCUT2D eigenvalue weighted by atomic mass is 32.1. The average molecular weight is 464 g/mol. The number of aryl methyl sites for hydroxylation is 1. The summed E-state index contributed by atoms with van der Waals surface area (Å²) in [6, 6.07) is 5.20. The lowest BCUT2D eigenvalue weighted by molar-refractivity contribution is -0.136. The lowest BCUT2D eigenvalue weighted by atomic mass is 9.98. The third kappa shape index (κ3) is 4.31. The van der Waals surface area contributed by atoms with Gasteiger partial charge in [-0.3, -0.25) is 0 Å². The molecule has 1 aliphatic carbocycles. The van der Waals surface area contributed by atoms with Crippen molar-refractivity contribution < 1.29 is 17.9 Å². The van der Waals surface area contributed by atoms with Gasteiger partial charge in [0.2, 0.25) is 5.13 Å². The summed E-state index contributed by atoms with van der Waals surface area (Å²) in [5.41, 5.74) is 1.21. The molecule has 0 radical (unpaired) electrons. The van der Waals surface area contributed by atoms with Crippen LogP contribution in [0.25, 0.3) is 21.6 Å². The molecule has 0 amide bonds. The monoisotopic (exact) mass is 463 g/mol. The molecule has 32 heavy (non-hydrogen) atoms. The predicted molar refractivity (Wildman–Crippen MR) is 118 cm³/mol. The predicted octanol–water partition coefficient (Wildman–Crippen LogP) is 4.75. The Balaban J connectivity index is 1.43. The van der Waals surface area contributed by atoms with Crippen molar-refractivity contribution in [3.05, 3.63) is 34.9 Å². The standard InChI is InChI=1S/C22H24F3N5OS/c1-11-5-18(20-29-30-21(32-20)27-9-14-8-15(31-2)10-26-14)28-19-16(11)6-13(12-3-4-12)7-17(19)22(23,24)25/h5-7,12,14-15,26H,3-4,8-10H2,1-2H3,(H,27,30). The van der Waals surface area contributed by atoms with E-state index in [2.05, 4.69) is 25.8 Å². The van der Waals surface area contributed by atoms with Crippen molar-refractivity contribution in [2.24, 2.45) is 0 Å². The molecule has 170 valence electrons. The zero-order valence-electron chi connectivity index (χ0n) is 17.8. The first-order chi connectivity index (χ1) is 15.3. The van der Waals surface area contributed by atoms with Crippen molar-refractivity contribution in [3.8, 4) is 10.7 Å². The number of fused-ring (bicyclic) bond motifs is 1. The van der Waals surface area contributed by atoms with Crippen molar-refractivity contribution in [1.82, 2.24) is 20.5 Å². The molecule has 0 spiro atoms. The van der Waals surface area contributed by atoms with Crippen LogP contribution in [0.5, 0.6) is 0 Å². The van der Waals surface area contributed by atoms with Crippen molar-refractivity contribution in [2.75, 3.05) is 25.5 Å². The summed E-state index contributed by atoms with van der Waals surface area (Å²) in [6.07, 6.45) is -1.47. The first-order valence-corrected chi connectivity index (χ1v) is 11.5. The maximum Gasteiger partial charge on any atom is 0.418 e. The number of methoxy groups -OCH3 is 1. The van der Waals surface area contributed by atoms with Gasteiger partial charge in [0.1, 0.15) is 5.69 Å². The van der Waals surface area contributed by atoms with E-state index in [4.69, 9.17) is 4.74 Å². The average Bonchev–Trinajstić information content (AvgIpc) is 3.31. The first-order valence-electron chi connectivity index (χ1n) is 10.7. The molecular formula is C22H24F3N5OS. The molecular weight excluding hydrogens is 439 g/mol. The van der Waals surface area contributed by atoms with Gasteiger partial charge in [0.25, 0.3) is 0 Å². The fourth-order valence-electron chi connectivity index (χ4n) is 4.22. The number of aromatic nitrogens is 3. The summed E-state index contributed by atoms with van der Waals surface area (Å²) in [7, 11) is 1.70. The van der Waals surface area contributed by atoms with Crippen LogP contribution in [-0.4, -0.2) is 47.5 Å². The molecule has 2 unspecified atom stereocenters.